The van der Waals surface area contributed by atoms with Crippen molar-refractivity contribution in [3.8, 4) is 11.5 Å². The second-order valence-corrected chi connectivity index (χ2v) is 7.51. The van der Waals surface area contributed by atoms with E-state index in [4.69, 9.17) is 9.47 Å². The number of Topliss-reactive ketones (excluding diaryl/α,β-unsaturated/α-hetero) is 1. The number of hydrogen-bond donors (Lipinski definition) is 2. The zero-order valence-electron chi connectivity index (χ0n) is 18.4. The summed E-state index contributed by atoms with van der Waals surface area (Å²) in [5.74, 6) is -0.563. The molecule has 0 unspecified atom stereocenters. The normalized spacial score (nSPS) is 11.5. The highest BCUT2D eigenvalue weighted by Crippen LogP contribution is 2.27. The van der Waals surface area contributed by atoms with Crippen LogP contribution in [0.1, 0.15) is 25.0 Å². The summed E-state index contributed by atoms with van der Waals surface area (Å²) in [5.41, 5.74) is 1.73. The fourth-order valence-electron chi connectivity index (χ4n) is 3.09. The Hall–Kier alpha value is -3.35. The van der Waals surface area contributed by atoms with E-state index in [9.17, 15) is 14.4 Å². The van der Waals surface area contributed by atoms with E-state index in [0.717, 1.165) is 11.1 Å². The molecule has 0 heterocycles. The number of ketones is 1. The van der Waals surface area contributed by atoms with E-state index >= 15 is 0 Å². The SMILES string of the molecule is COc1ccc(CCNC(=O)[C@@H](NC(=O)C(=O)Cc2ccccc2)C(C)C)cc1OC. The van der Waals surface area contributed by atoms with Gasteiger partial charge in [-0.2, -0.15) is 0 Å². The average Bonchev–Trinajstić information content (AvgIpc) is 2.77. The summed E-state index contributed by atoms with van der Waals surface area (Å²) < 4.78 is 10.5. The van der Waals surface area contributed by atoms with Gasteiger partial charge in [0, 0.05) is 13.0 Å². The van der Waals surface area contributed by atoms with Crippen LogP contribution in [0.25, 0.3) is 0 Å². The Bertz CT molecular complexity index is 896. The van der Waals surface area contributed by atoms with Crippen LogP contribution in [0, 0.1) is 5.92 Å². The molecule has 2 amide bonds. The molecule has 7 heteroatoms. The van der Waals surface area contributed by atoms with Crippen molar-refractivity contribution in [3.63, 3.8) is 0 Å². The van der Waals surface area contributed by atoms with Crippen LogP contribution in [0.4, 0.5) is 0 Å². The van der Waals surface area contributed by atoms with Crippen LogP contribution in [-0.4, -0.2) is 44.4 Å². The minimum atomic E-state index is -0.794. The standard InChI is InChI=1S/C24H30N2O5/c1-16(2)22(26-23(28)19(27)14-17-8-6-5-7-9-17)24(29)25-13-12-18-10-11-20(30-3)21(15-18)31-4/h5-11,15-16,22H,12-14H2,1-4H3,(H,25,29)(H,26,28)/t22-/m0/s1. The molecule has 0 aliphatic heterocycles. The Morgan fingerprint density at radius 1 is 0.903 bits per heavy atom. The van der Waals surface area contributed by atoms with Gasteiger partial charge in [-0.1, -0.05) is 50.2 Å². The Balaban J connectivity index is 1.90. The molecule has 31 heavy (non-hydrogen) atoms. The third-order valence-electron chi connectivity index (χ3n) is 4.86. The molecule has 1 atom stereocenters. The van der Waals surface area contributed by atoms with Crippen LogP contribution in [0.2, 0.25) is 0 Å². The van der Waals surface area contributed by atoms with Gasteiger partial charge in [-0.05, 0) is 35.6 Å². The Morgan fingerprint density at radius 3 is 2.19 bits per heavy atom. The largest absolute Gasteiger partial charge is 0.493 e. The summed E-state index contributed by atoms with van der Waals surface area (Å²) in [4.78, 5) is 37.2. The fraction of sp³-hybridized carbons (Fsp3) is 0.375. The molecule has 0 radical (unpaired) electrons. The number of methoxy groups -OCH3 is 2. The molecule has 0 saturated heterocycles. The summed E-state index contributed by atoms with van der Waals surface area (Å²) in [5, 5.41) is 5.42. The minimum absolute atomic E-state index is 0.00158. The van der Waals surface area contributed by atoms with Gasteiger partial charge in [-0.15, -0.1) is 0 Å². The number of benzene rings is 2. The first-order valence-electron chi connectivity index (χ1n) is 10.2. The second-order valence-electron chi connectivity index (χ2n) is 7.51. The van der Waals surface area contributed by atoms with Gasteiger partial charge in [0.2, 0.25) is 11.7 Å². The molecular formula is C24H30N2O5. The van der Waals surface area contributed by atoms with Gasteiger partial charge >= 0.3 is 0 Å². The van der Waals surface area contributed by atoms with E-state index in [1.807, 2.05) is 50.2 Å². The molecule has 0 saturated carbocycles. The first kappa shape index (κ1) is 23.9. The monoisotopic (exact) mass is 426 g/mol. The van der Waals surface area contributed by atoms with E-state index in [1.54, 1.807) is 26.4 Å². The number of ether oxygens (including phenoxy) is 2. The number of rotatable bonds is 11. The van der Waals surface area contributed by atoms with Crippen LogP contribution in [-0.2, 0) is 27.2 Å². The molecule has 7 nitrogen and oxygen atoms in total. The van der Waals surface area contributed by atoms with Crippen LogP contribution in [0.15, 0.2) is 48.5 Å². The molecule has 0 aromatic heterocycles. The minimum Gasteiger partial charge on any atom is -0.493 e. The highest BCUT2D eigenvalue weighted by atomic mass is 16.5. The molecule has 0 aliphatic carbocycles. The third-order valence-corrected chi connectivity index (χ3v) is 4.86. The zero-order chi connectivity index (χ0) is 22.8. The summed E-state index contributed by atoms with van der Waals surface area (Å²) in [6.07, 6.45) is 0.580. The lowest BCUT2D eigenvalue weighted by Gasteiger charge is -2.21. The summed E-state index contributed by atoms with van der Waals surface area (Å²) in [6.45, 7) is 4.02. The van der Waals surface area contributed by atoms with Crippen LogP contribution in [0.3, 0.4) is 0 Å². The zero-order valence-corrected chi connectivity index (χ0v) is 18.4. The summed E-state index contributed by atoms with van der Waals surface area (Å²) in [6, 6.07) is 13.8. The number of amides is 2. The van der Waals surface area contributed by atoms with Gasteiger partial charge in [-0.25, -0.2) is 0 Å². The Morgan fingerprint density at radius 2 is 1.58 bits per heavy atom. The van der Waals surface area contributed by atoms with Crippen molar-refractivity contribution >= 4 is 17.6 Å². The summed E-state index contributed by atoms with van der Waals surface area (Å²) >= 11 is 0. The van der Waals surface area contributed by atoms with Gasteiger partial charge in [-0.3, -0.25) is 14.4 Å². The first-order chi connectivity index (χ1) is 14.8. The predicted octanol–water partition coefficient (Wildman–Crippen LogP) is 2.32. The molecule has 2 aromatic carbocycles. The Kier molecular flexibility index (Phi) is 9.06. The van der Waals surface area contributed by atoms with Crippen molar-refractivity contribution in [1.82, 2.24) is 10.6 Å². The first-order valence-corrected chi connectivity index (χ1v) is 10.2. The molecule has 2 rings (SSSR count). The highest BCUT2D eigenvalue weighted by Gasteiger charge is 2.26. The maximum atomic E-state index is 12.6. The van der Waals surface area contributed by atoms with E-state index in [-0.39, 0.29) is 18.2 Å². The molecular weight excluding hydrogens is 396 g/mol. The maximum absolute atomic E-state index is 12.6. The van der Waals surface area contributed by atoms with Crippen LogP contribution < -0.4 is 20.1 Å². The maximum Gasteiger partial charge on any atom is 0.288 e. The molecule has 0 bridgehead atoms. The molecule has 166 valence electrons. The lowest BCUT2D eigenvalue weighted by Crippen LogP contribution is -2.51. The Labute approximate surface area is 183 Å². The molecule has 2 aromatic rings. The number of carbonyl (C=O) groups is 3. The molecule has 0 aliphatic rings. The predicted molar refractivity (Wildman–Crippen MR) is 118 cm³/mol. The van der Waals surface area contributed by atoms with Crippen molar-refractivity contribution in [2.24, 2.45) is 5.92 Å². The lowest BCUT2D eigenvalue weighted by molar-refractivity contribution is -0.139. The smallest absolute Gasteiger partial charge is 0.288 e. The number of carbonyl (C=O) groups excluding carboxylic acids is 3. The van der Waals surface area contributed by atoms with E-state index in [0.29, 0.717) is 24.5 Å². The quantitative estimate of drug-likeness (QED) is 0.538. The van der Waals surface area contributed by atoms with Crippen molar-refractivity contribution in [2.45, 2.75) is 32.7 Å². The van der Waals surface area contributed by atoms with Gasteiger partial charge < -0.3 is 20.1 Å². The van der Waals surface area contributed by atoms with E-state index < -0.39 is 17.7 Å². The average molecular weight is 427 g/mol. The summed E-state index contributed by atoms with van der Waals surface area (Å²) in [7, 11) is 3.14. The van der Waals surface area contributed by atoms with Gasteiger partial charge in [0.15, 0.2) is 11.5 Å². The number of nitrogens with one attached hydrogen (secondary N) is 2. The van der Waals surface area contributed by atoms with E-state index in [2.05, 4.69) is 10.6 Å². The van der Waals surface area contributed by atoms with Crippen LogP contribution in [0.5, 0.6) is 11.5 Å². The molecule has 0 fully saturated rings. The van der Waals surface area contributed by atoms with Crippen LogP contribution >= 0.6 is 0 Å². The second kappa shape index (κ2) is 11.7. The van der Waals surface area contributed by atoms with Gasteiger partial charge in [0.25, 0.3) is 5.91 Å². The lowest BCUT2D eigenvalue weighted by atomic mass is 10.0. The highest BCUT2D eigenvalue weighted by molar-refractivity contribution is 6.37. The van der Waals surface area contributed by atoms with Gasteiger partial charge in [0.05, 0.1) is 14.2 Å². The number of hydrogen-bond acceptors (Lipinski definition) is 5. The fourth-order valence-corrected chi connectivity index (χ4v) is 3.09. The van der Waals surface area contributed by atoms with E-state index in [1.165, 1.54) is 0 Å². The van der Waals surface area contributed by atoms with Crippen molar-refractivity contribution < 1.29 is 23.9 Å². The molecule has 2 N–H and O–H groups in total. The third kappa shape index (κ3) is 7.13. The van der Waals surface area contributed by atoms with Crippen molar-refractivity contribution in [3.05, 3.63) is 59.7 Å². The van der Waals surface area contributed by atoms with Crippen molar-refractivity contribution in [2.75, 3.05) is 20.8 Å². The topological polar surface area (TPSA) is 93.7 Å². The van der Waals surface area contributed by atoms with Crippen molar-refractivity contribution in [1.29, 1.82) is 0 Å². The molecule has 0 spiro atoms. The van der Waals surface area contributed by atoms with Gasteiger partial charge in [0.1, 0.15) is 6.04 Å².